The van der Waals surface area contributed by atoms with Gasteiger partial charge in [0.25, 0.3) is 11.8 Å². The number of fused-ring (bicyclic) bond motifs is 2. The summed E-state index contributed by atoms with van der Waals surface area (Å²) in [6, 6.07) is 15.5. The van der Waals surface area contributed by atoms with Crippen LogP contribution in [-0.2, 0) is 30.1 Å². The van der Waals surface area contributed by atoms with Gasteiger partial charge in [-0.1, -0.05) is 68.0 Å². The summed E-state index contributed by atoms with van der Waals surface area (Å²) in [7, 11) is 0. The van der Waals surface area contributed by atoms with Gasteiger partial charge in [0.15, 0.2) is 5.71 Å². The van der Waals surface area contributed by atoms with Crippen molar-refractivity contribution in [2.45, 2.75) is 111 Å². The fourth-order valence-electron chi connectivity index (χ4n) is 8.50. The van der Waals surface area contributed by atoms with Crippen LogP contribution in [0.2, 0.25) is 0 Å². The van der Waals surface area contributed by atoms with Gasteiger partial charge in [-0.15, -0.1) is 5.06 Å². The number of nitrogens with zero attached hydrogens (tertiary/aromatic N) is 4. The first-order valence-corrected chi connectivity index (χ1v) is 19.9. The van der Waals surface area contributed by atoms with Crippen LogP contribution in [0.4, 0.5) is 11.4 Å². The van der Waals surface area contributed by atoms with E-state index < -0.39 is 17.8 Å². The van der Waals surface area contributed by atoms with E-state index in [0.29, 0.717) is 11.5 Å². The van der Waals surface area contributed by atoms with Gasteiger partial charge in [-0.05, 0) is 72.1 Å². The average Bonchev–Trinajstić information content (AvgIpc) is 3.65. The van der Waals surface area contributed by atoms with Crippen LogP contribution in [0.3, 0.4) is 0 Å². The van der Waals surface area contributed by atoms with Crippen molar-refractivity contribution in [2.24, 2.45) is 0 Å². The van der Waals surface area contributed by atoms with Gasteiger partial charge < -0.3 is 14.2 Å². The molecule has 2 aromatic carbocycles. The second kappa shape index (κ2) is 16.8. The maximum atomic E-state index is 12.3. The first-order valence-electron chi connectivity index (χ1n) is 19.9. The number of amides is 2. The molecule has 0 N–H and O–H groups in total. The average molecular weight is 723 g/mol. The third kappa shape index (κ3) is 8.43. The first kappa shape index (κ1) is 39.9. The quantitative estimate of drug-likeness (QED) is 0.0538. The number of benzene rings is 2. The molecule has 8 nitrogen and oxygen atoms in total. The predicted octanol–water partition coefficient (Wildman–Crippen LogP) is 8.60. The molecule has 3 heterocycles. The van der Waals surface area contributed by atoms with E-state index in [1.807, 2.05) is 0 Å². The molecular weight excluding hydrogens is 661 g/mol. The molecule has 284 valence electrons. The second-order valence-corrected chi connectivity index (χ2v) is 16.0. The number of imide groups is 1. The smallest absolute Gasteiger partial charge is 0.333 e. The molecule has 3 aliphatic heterocycles. The summed E-state index contributed by atoms with van der Waals surface area (Å²) >= 11 is 0. The molecule has 0 aromatic heterocycles. The molecule has 1 saturated heterocycles. The van der Waals surface area contributed by atoms with Gasteiger partial charge >= 0.3 is 5.97 Å². The van der Waals surface area contributed by atoms with E-state index in [4.69, 9.17) is 4.84 Å². The number of hydrogen-bond donors (Lipinski definition) is 0. The van der Waals surface area contributed by atoms with Gasteiger partial charge in [0, 0.05) is 73.2 Å². The van der Waals surface area contributed by atoms with Crippen molar-refractivity contribution in [3.8, 4) is 0 Å². The highest BCUT2D eigenvalue weighted by Crippen LogP contribution is 2.48. The van der Waals surface area contributed by atoms with Crippen molar-refractivity contribution >= 4 is 34.9 Å². The van der Waals surface area contributed by atoms with Crippen LogP contribution in [0.1, 0.15) is 110 Å². The zero-order valence-corrected chi connectivity index (χ0v) is 33.5. The molecule has 8 heteroatoms. The Hall–Kier alpha value is -4.30. The summed E-state index contributed by atoms with van der Waals surface area (Å²) < 4.78 is 3.58. The van der Waals surface area contributed by atoms with Gasteiger partial charge in [-0.2, -0.15) is 4.58 Å². The number of unbranched alkanes of at least 4 members (excludes halogenated alkanes) is 2. The molecule has 1 fully saturated rings. The number of hydroxylamine groups is 2. The molecule has 0 bridgehead atoms. The molecule has 3 aliphatic rings. The van der Waals surface area contributed by atoms with Crippen molar-refractivity contribution in [1.82, 2.24) is 5.06 Å². The lowest BCUT2D eigenvalue weighted by Gasteiger charge is -2.36. The standard InChI is InChI=1S/C45H62N4O4/c1-9-49(10-2,11-3)32-20-31-47-38-27-26-34(4)33-36(38)45(7,8)40(47)24-15-12-14-23-39-44(5,6)35-21-17-18-22-37(35)46(39)30-19-13-16-25-43(52)53-48-41(50)28-29-42(48)51/h12,14-15,17-18,21-24,26-27,33H,9-11,13,16,19-20,25,28-32H2,1-8H3/q+2. The Bertz CT molecular complexity index is 1790. The molecular formula is C45H62N4O4+2. The van der Waals surface area contributed by atoms with Crippen molar-refractivity contribution in [3.05, 3.63) is 95.2 Å². The fraction of sp³-hybridized carbons (Fsp3) is 0.511. The number of rotatable bonds is 17. The predicted molar refractivity (Wildman–Crippen MR) is 214 cm³/mol. The lowest BCUT2D eigenvalue weighted by molar-refractivity contribution is -0.923. The summed E-state index contributed by atoms with van der Waals surface area (Å²) in [5, 5.41) is 0.630. The van der Waals surface area contributed by atoms with Crippen LogP contribution in [0.15, 0.2) is 78.5 Å². The van der Waals surface area contributed by atoms with E-state index in [9.17, 15) is 14.4 Å². The minimum Gasteiger partial charge on any atom is -0.344 e. The van der Waals surface area contributed by atoms with Crippen molar-refractivity contribution in [1.29, 1.82) is 0 Å². The Labute approximate surface area is 318 Å². The van der Waals surface area contributed by atoms with E-state index in [2.05, 4.69) is 138 Å². The Kier molecular flexibility index (Phi) is 12.6. The van der Waals surface area contributed by atoms with Crippen LogP contribution in [0.25, 0.3) is 0 Å². The topological polar surface area (TPSA) is 69.9 Å². The number of allylic oxidation sites excluding steroid dienone is 6. The lowest BCUT2D eigenvalue weighted by Crippen LogP contribution is -2.48. The first-order chi connectivity index (χ1) is 25.3. The minimum atomic E-state index is -0.535. The Morgan fingerprint density at radius 2 is 1.55 bits per heavy atom. The maximum Gasteiger partial charge on any atom is 0.333 e. The monoisotopic (exact) mass is 722 g/mol. The molecule has 5 rings (SSSR count). The Balaban J connectivity index is 1.29. The second-order valence-electron chi connectivity index (χ2n) is 16.0. The molecule has 0 radical (unpaired) electrons. The molecule has 0 atom stereocenters. The minimum absolute atomic E-state index is 0.0952. The lowest BCUT2D eigenvalue weighted by atomic mass is 9.81. The third-order valence-electron chi connectivity index (χ3n) is 12.1. The normalized spacial score (nSPS) is 18.7. The SMILES string of the molecule is CC[N+](CC)(CC)CCCN1\C(=C/C=C/C=C/C2=[N+](CCCCCC(=O)ON3C(=O)CCC3=O)c3ccccc3C2(C)C)C(C)(C)c2cc(C)ccc21. The number of carbonyl (C=O) groups is 3. The van der Waals surface area contributed by atoms with Gasteiger partial charge in [0.05, 0.1) is 31.6 Å². The molecule has 0 unspecified atom stereocenters. The molecule has 53 heavy (non-hydrogen) atoms. The van der Waals surface area contributed by atoms with Crippen molar-refractivity contribution in [3.63, 3.8) is 0 Å². The Morgan fingerprint density at radius 1 is 0.849 bits per heavy atom. The third-order valence-corrected chi connectivity index (χ3v) is 12.1. The maximum absolute atomic E-state index is 12.3. The highest BCUT2D eigenvalue weighted by Gasteiger charge is 2.44. The van der Waals surface area contributed by atoms with Crippen LogP contribution >= 0.6 is 0 Å². The largest absolute Gasteiger partial charge is 0.344 e. The number of anilines is 1. The zero-order chi connectivity index (χ0) is 38.4. The van der Waals surface area contributed by atoms with E-state index >= 15 is 0 Å². The van der Waals surface area contributed by atoms with Crippen LogP contribution in [0.5, 0.6) is 0 Å². The highest BCUT2D eigenvalue weighted by molar-refractivity contribution is 6.03. The molecule has 0 saturated carbocycles. The number of quaternary nitrogens is 1. The molecule has 2 amide bonds. The number of carbonyl (C=O) groups excluding carboxylic acids is 3. The number of aryl methyl sites for hydroxylation is 1. The van der Waals surface area contributed by atoms with E-state index in [1.54, 1.807) is 0 Å². The molecule has 2 aromatic rings. The summed E-state index contributed by atoms with van der Waals surface area (Å²) in [6.45, 7) is 25.0. The van der Waals surface area contributed by atoms with Crippen molar-refractivity contribution in [2.75, 3.05) is 44.2 Å². The van der Waals surface area contributed by atoms with E-state index in [1.165, 1.54) is 65.7 Å². The van der Waals surface area contributed by atoms with Gasteiger partial charge in [0.2, 0.25) is 5.69 Å². The molecule has 0 aliphatic carbocycles. The fourth-order valence-corrected chi connectivity index (χ4v) is 8.50. The summed E-state index contributed by atoms with van der Waals surface area (Å²) in [5.74, 6) is -1.43. The van der Waals surface area contributed by atoms with Gasteiger partial charge in [-0.25, -0.2) is 4.79 Å². The number of para-hydroxylation sites is 1. The summed E-state index contributed by atoms with van der Waals surface area (Å²) in [4.78, 5) is 43.5. The Morgan fingerprint density at radius 3 is 2.25 bits per heavy atom. The van der Waals surface area contributed by atoms with Gasteiger partial charge in [-0.3, -0.25) is 9.59 Å². The van der Waals surface area contributed by atoms with E-state index in [-0.39, 0.29) is 30.1 Å². The number of hydrogen-bond acceptors (Lipinski definition) is 5. The molecule has 0 spiro atoms. The summed E-state index contributed by atoms with van der Waals surface area (Å²) in [6.07, 6.45) is 15.0. The van der Waals surface area contributed by atoms with E-state index in [0.717, 1.165) is 36.8 Å². The van der Waals surface area contributed by atoms with Crippen LogP contribution < -0.4 is 4.90 Å². The van der Waals surface area contributed by atoms with Crippen LogP contribution in [-0.4, -0.2) is 76.9 Å². The van der Waals surface area contributed by atoms with Crippen molar-refractivity contribution < 1.29 is 28.3 Å². The summed E-state index contributed by atoms with van der Waals surface area (Å²) in [5.41, 5.74) is 8.90. The van der Waals surface area contributed by atoms with Crippen LogP contribution in [0, 0.1) is 6.92 Å². The highest BCUT2D eigenvalue weighted by atomic mass is 16.7. The zero-order valence-electron chi connectivity index (χ0n) is 33.5. The van der Waals surface area contributed by atoms with Gasteiger partial charge in [0.1, 0.15) is 6.54 Å².